The average Bonchev–Trinajstić information content (AvgIpc) is 3.08. The average molecular weight is 350 g/mol. The molecule has 4 rings (SSSR count). The topological polar surface area (TPSA) is 58.9 Å². The molecule has 0 fully saturated rings. The Morgan fingerprint density at radius 3 is 2.81 bits per heavy atom. The molecule has 0 aliphatic carbocycles. The second-order valence-corrected chi connectivity index (χ2v) is 6.46. The van der Waals surface area contributed by atoms with Crippen molar-refractivity contribution in [2.45, 2.75) is 19.6 Å². The molecule has 1 aliphatic rings. The number of benzene rings is 2. The van der Waals surface area contributed by atoms with Crippen LogP contribution in [0.15, 0.2) is 54.6 Å². The van der Waals surface area contributed by atoms with E-state index in [9.17, 15) is 9.18 Å². The number of halogens is 1. The van der Waals surface area contributed by atoms with Crippen LogP contribution in [0.3, 0.4) is 0 Å². The molecule has 1 aromatic heterocycles. The molecule has 2 N–H and O–H groups in total. The molecular weight excluding hydrogens is 331 g/mol. The van der Waals surface area contributed by atoms with Gasteiger partial charge in [0.2, 0.25) is 0 Å². The minimum absolute atomic E-state index is 0.141. The van der Waals surface area contributed by atoms with Gasteiger partial charge in [0.15, 0.2) is 0 Å². The zero-order chi connectivity index (χ0) is 18.1. The fraction of sp³-hybridized carbons (Fsp3) is 0.200. The van der Waals surface area contributed by atoms with Gasteiger partial charge in [-0.3, -0.25) is 10.1 Å². The molecule has 2 aromatic carbocycles. The van der Waals surface area contributed by atoms with Gasteiger partial charge in [-0.05, 0) is 42.8 Å². The van der Waals surface area contributed by atoms with E-state index in [1.54, 1.807) is 22.9 Å². The number of fused-ring (bicyclic) bond motifs is 1. The van der Waals surface area contributed by atoms with Gasteiger partial charge in [-0.1, -0.05) is 29.8 Å². The zero-order valence-electron chi connectivity index (χ0n) is 14.4. The van der Waals surface area contributed by atoms with E-state index in [1.807, 2.05) is 6.07 Å². The monoisotopic (exact) mass is 350 g/mol. The van der Waals surface area contributed by atoms with Crippen molar-refractivity contribution in [3.05, 3.63) is 77.2 Å². The van der Waals surface area contributed by atoms with E-state index in [-0.39, 0.29) is 17.9 Å². The molecule has 1 aliphatic heterocycles. The van der Waals surface area contributed by atoms with E-state index < -0.39 is 0 Å². The Bertz CT molecular complexity index is 949. The van der Waals surface area contributed by atoms with Gasteiger partial charge in [-0.15, -0.1) is 0 Å². The lowest BCUT2D eigenvalue weighted by Gasteiger charge is -2.25. The summed E-state index contributed by atoms with van der Waals surface area (Å²) in [6, 6.07) is 16.1. The van der Waals surface area contributed by atoms with E-state index in [4.69, 9.17) is 0 Å². The van der Waals surface area contributed by atoms with Gasteiger partial charge in [0.25, 0.3) is 5.91 Å². The van der Waals surface area contributed by atoms with Crippen molar-refractivity contribution in [1.29, 1.82) is 0 Å². The highest BCUT2D eigenvalue weighted by molar-refractivity contribution is 5.94. The van der Waals surface area contributed by atoms with Crippen LogP contribution in [0.4, 0.5) is 4.39 Å². The number of nitrogens with one attached hydrogen (secondary N) is 2. The first-order valence-electron chi connectivity index (χ1n) is 8.53. The van der Waals surface area contributed by atoms with Crippen LogP contribution in [-0.4, -0.2) is 22.2 Å². The van der Waals surface area contributed by atoms with Gasteiger partial charge >= 0.3 is 0 Å². The fourth-order valence-corrected chi connectivity index (χ4v) is 3.15. The number of nitrogens with zero attached hydrogens (tertiary/aromatic N) is 2. The van der Waals surface area contributed by atoms with Crippen molar-refractivity contribution in [3.8, 4) is 11.3 Å². The highest BCUT2D eigenvalue weighted by atomic mass is 19.1. The maximum absolute atomic E-state index is 13.1. The molecular formula is C20H19FN4O. The van der Waals surface area contributed by atoms with Crippen LogP contribution in [0.2, 0.25) is 0 Å². The van der Waals surface area contributed by atoms with Gasteiger partial charge in [0.1, 0.15) is 17.7 Å². The molecule has 0 saturated carbocycles. The first-order valence-corrected chi connectivity index (χ1v) is 8.53. The smallest absolute Gasteiger partial charge is 0.269 e. The van der Waals surface area contributed by atoms with Crippen molar-refractivity contribution >= 4 is 5.91 Å². The quantitative estimate of drug-likeness (QED) is 0.760. The van der Waals surface area contributed by atoms with Gasteiger partial charge < -0.3 is 5.32 Å². The third-order valence-electron chi connectivity index (χ3n) is 4.48. The third kappa shape index (κ3) is 3.23. The number of hydrogen-bond acceptors (Lipinski definition) is 3. The van der Waals surface area contributed by atoms with Crippen LogP contribution in [0, 0.1) is 12.7 Å². The van der Waals surface area contributed by atoms with Crippen LogP contribution >= 0.6 is 0 Å². The summed E-state index contributed by atoms with van der Waals surface area (Å²) in [4.78, 5) is 12.2. The first-order chi connectivity index (χ1) is 12.6. The SMILES string of the molecule is Cc1cccc(CN[C@H]2CNC(=O)c3cc(-c4ccc(F)cc4)nn32)c1. The molecule has 26 heavy (non-hydrogen) atoms. The van der Waals surface area contributed by atoms with E-state index >= 15 is 0 Å². The highest BCUT2D eigenvalue weighted by Gasteiger charge is 2.27. The lowest BCUT2D eigenvalue weighted by atomic mass is 10.1. The molecule has 6 heteroatoms. The van der Waals surface area contributed by atoms with Gasteiger partial charge in [0.05, 0.1) is 12.2 Å². The van der Waals surface area contributed by atoms with E-state index in [2.05, 4.69) is 40.9 Å². The van der Waals surface area contributed by atoms with Gasteiger partial charge in [-0.2, -0.15) is 5.10 Å². The number of rotatable bonds is 4. The van der Waals surface area contributed by atoms with Crippen molar-refractivity contribution < 1.29 is 9.18 Å². The predicted molar refractivity (Wildman–Crippen MR) is 97.0 cm³/mol. The van der Waals surface area contributed by atoms with Crippen LogP contribution in [0.1, 0.15) is 27.8 Å². The second-order valence-electron chi connectivity index (χ2n) is 6.46. The van der Waals surface area contributed by atoms with Crippen molar-refractivity contribution in [3.63, 3.8) is 0 Å². The number of aromatic nitrogens is 2. The number of carbonyl (C=O) groups is 1. The Morgan fingerprint density at radius 2 is 2.04 bits per heavy atom. The first kappa shape index (κ1) is 16.5. The van der Waals surface area contributed by atoms with Gasteiger partial charge in [-0.25, -0.2) is 9.07 Å². The minimum Gasteiger partial charge on any atom is -0.347 e. The Balaban J connectivity index is 1.59. The number of aryl methyl sites for hydroxylation is 1. The Morgan fingerprint density at radius 1 is 1.23 bits per heavy atom. The standard InChI is InChI=1S/C20H19FN4O/c1-13-3-2-4-14(9-13)11-22-19-12-23-20(26)18-10-17(24-25(18)19)15-5-7-16(21)8-6-15/h2-10,19,22H,11-12H2,1H3,(H,23,26)/t19-/m1/s1. The van der Waals surface area contributed by atoms with Gasteiger partial charge in [0, 0.05) is 12.1 Å². The molecule has 5 nitrogen and oxygen atoms in total. The molecule has 0 radical (unpaired) electrons. The lowest BCUT2D eigenvalue weighted by molar-refractivity contribution is 0.0900. The Kier molecular flexibility index (Phi) is 4.26. The van der Waals surface area contributed by atoms with Crippen LogP contribution in [-0.2, 0) is 6.54 Å². The fourth-order valence-electron chi connectivity index (χ4n) is 3.15. The molecule has 1 amide bonds. The molecule has 0 unspecified atom stereocenters. The summed E-state index contributed by atoms with van der Waals surface area (Å²) in [5, 5.41) is 10.9. The Labute approximate surface area is 150 Å². The summed E-state index contributed by atoms with van der Waals surface area (Å²) in [6.45, 7) is 3.19. The van der Waals surface area contributed by atoms with E-state index in [0.717, 1.165) is 5.56 Å². The number of amides is 1. The largest absolute Gasteiger partial charge is 0.347 e. The number of carbonyl (C=O) groups excluding carboxylic acids is 1. The van der Waals surface area contributed by atoms with Crippen molar-refractivity contribution in [2.24, 2.45) is 0 Å². The molecule has 132 valence electrons. The molecule has 2 heterocycles. The van der Waals surface area contributed by atoms with Crippen LogP contribution < -0.4 is 10.6 Å². The summed E-state index contributed by atoms with van der Waals surface area (Å²) in [5.41, 5.74) is 4.31. The lowest BCUT2D eigenvalue weighted by Crippen LogP contribution is -2.45. The third-order valence-corrected chi connectivity index (χ3v) is 4.48. The van der Waals surface area contributed by atoms with E-state index in [1.165, 1.54) is 23.3 Å². The second kappa shape index (κ2) is 6.72. The van der Waals surface area contributed by atoms with E-state index in [0.29, 0.717) is 24.5 Å². The molecule has 0 bridgehead atoms. The molecule has 1 atom stereocenters. The summed E-state index contributed by atoms with van der Waals surface area (Å²) < 4.78 is 14.9. The maximum Gasteiger partial charge on any atom is 0.269 e. The molecule has 0 saturated heterocycles. The molecule has 3 aromatic rings. The normalized spacial score (nSPS) is 16.2. The van der Waals surface area contributed by atoms with Crippen molar-refractivity contribution in [1.82, 2.24) is 20.4 Å². The highest BCUT2D eigenvalue weighted by Crippen LogP contribution is 2.23. The zero-order valence-corrected chi connectivity index (χ0v) is 14.4. The Hall–Kier alpha value is -2.99. The molecule has 0 spiro atoms. The van der Waals surface area contributed by atoms with Crippen LogP contribution in [0.5, 0.6) is 0 Å². The minimum atomic E-state index is -0.298. The summed E-state index contributed by atoms with van der Waals surface area (Å²) in [5.74, 6) is -0.451. The summed E-state index contributed by atoms with van der Waals surface area (Å²) in [6.07, 6.45) is -0.141. The summed E-state index contributed by atoms with van der Waals surface area (Å²) >= 11 is 0. The van der Waals surface area contributed by atoms with Crippen LogP contribution in [0.25, 0.3) is 11.3 Å². The maximum atomic E-state index is 13.1. The predicted octanol–water partition coefficient (Wildman–Crippen LogP) is 3.03. The number of hydrogen-bond donors (Lipinski definition) is 2. The summed E-state index contributed by atoms with van der Waals surface area (Å²) in [7, 11) is 0. The van der Waals surface area contributed by atoms with Crippen molar-refractivity contribution in [2.75, 3.05) is 6.54 Å².